The number of benzene rings is 2. The maximum Gasteiger partial charge on any atom is 0.0755 e. The Morgan fingerprint density at radius 1 is 1.05 bits per heavy atom. The summed E-state index contributed by atoms with van der Waals surface area (Å²) in [4.78, 5) is 2.13. The van der Waals surface area contributed by atoms with Gasteiger partial charge in [-0.25, -0.2) is 0 Å². The van der Waals surface area contributed by atoms with Crippen LogP contribution in [0.4, 0.5) is 5.69 Å². The van der Waals surface area contributed by atoms with Crippen molar-refractivity contribution in [1.82, 2.24) is 0 Å². The van der Waals surface area contributed by atoms with E-state index in [9.17, 15) is 5.11 Å². The molecule has 2 aromatic rings. The van der Waals surface area contributed by atoms with Crippen molar-refractivity contribution in [3.63, 3.8) is 0 Å². The molecule has 0 aromatic heterocycles. The van der Waals surface area contributed by atoms with Crippen LogP contribution in [0.5, 0.6) is 0 Å². The van der Waals surface area contributed by atoms with Crippen LogP contribution < -0.4 is 4.90 Å². The number of hydrogen-bond acceptors (Lipinski definition) is 2. The van der Waals surface area contributed by atoms with Crippen LogP contribution >= 0.6 is 0 Å². The minimum atomic E-state index is -0.359. The van der Waals surface area contributed by atoms with Gasteiger partial charge in [-0.2, -0.15) is 0 Å². The van der Waals surface area contributed by atoms with Crippen LogP contribution in [0.3, 0.4) is 0 Å². The molecule has 2 aromatic carbocycles. The van der Waals surface area contributed by atoms with Gasteiger partial charge in [0.2, 0.25) is 0 Å². The predicted octanol–water partition coefficient (Wildman–Crippen LogP) is 3.34. The number of aryl methyl sites for hydroxylation is 2. The summed E-state index contributed by atoms with van der Waals surface area (Å²) < 4.78 is 0. The summed E-state index contributed by atoms with van der Waals surface area (Å²) in [5, 5.41) is 10.3. The molecule has 2 rings (SSSR count). The van der Waals surface area contributed by atoms with Crippen molar-refractivity contribution in [1.29, 1.82) is 0 Å². The molecule has 0 spiro atoms. The summed E-state index contributed by atoms with van der Waals surface area (Å²) in [5.41, 5.74) is 4.85. The van der Waals surface area contributed by atoms with Crippen LogP contribution in [-0.4, -0.2) is 24.8 Å². The lowest BCUT2D eigenvalue weighted by atomic mass is 10.1. The lowest BCUT2D eigenvalue weighted by Crippen LogP contribution is -2.30. The highest BCUT2D eigenvalue weighted by Gasteiger charge is 2.11. The molecular weight excluding hydrogens is 246 g/mol. The molecular formula is C18H23NO. The molecule has 106 valence electrons. The van der Waals surface area contributed by atoms with Gasteiger partial charge in [0.1, 0.15) is 0 Å². The minimum absolute atomic E-state index is 0.359. The summed E-state index contributed by atoms with van der Waals surface area (Å²) in [6, 6.07) is 16.6. The smallest absolute Gasteiger partial charge is 0.0755 e. The second-order valence-corrected chi connectivity index (χ2v) is 5.51. The molecule has 2 nitrogen and oxygen atoms in total. The van der Waals surface area contributed by atoms with Gasteiger partial charge in [0.25, 0.3) is 0 Å². The van der Waals surface area contributed by atoms with Crippen molar-refractivity contribution in [3.8, 4) is 0 Å². The van der Waals surface area contributed by atoms with Gasteiger partial charge in [0.05, 0.1) is 6.10 Å². The molecule has 1 unspecified atom stereocenters. The molecule has 0 aliphatic heterocycles. The van der Waals surface area contributed by atoms with Crippen molar-refractivity contribution in [2.24, 2.45) is 0 Å². The number of likely N-dealkylation sites (N-methyl/N-ethyl adjacent to an activating group) is 1. The van der Waals surface area contributed by atoms with Crippen molar-refractivity contribution >= 4 is 5.69 Å². The quantitative estimate of drug-likeness (QED) is 0.900. The van der Waals surface area contributed by atoms with E-state index in [0.717, 1.165) is 0 Å². The van der Waals surface area contributed by atoms with Gasteiger partial charge < -0.3 is 10.0 Å². The van der Waals surface area contributed by atoms with Gasteiger partial charge in [-0.15, -0.1) is 0 Å². The maximum absolute atomic E-state index is 10.3. The molecule has 0 heterocycles. The first kappa shape index (κ1) is 14.6. The molecule has 0 bridgehead atoms. The van der Waals surface area contributed by atoms with E-state index in [1.165, 1.54) is 22.4 Å². The number of hydrogen-bond donors (Lipinski definition) is 1. The third-order valence-electron chi connectivity index (χ3n) is 3.57. The maximum atomic E-state index is 10.3. The van der Waals surface area contributed by atoms with Gasteiger partial charge in [-0.1, -0.05) is 42.5 Å². The van der Waals surface area contributed by atoms with E-state index in [1.807, 2.05) is 25.2 Å². The molecule has 1 N–H and O–H groups in total. The molecule has 0 fully saturated rings. The molecule has 0 amide bonds. The van der Waals surface area contributed by atoms with Crippen molar-refractivity contribution in [3.05, 3.63) is 65.2 Å². The number of anilines is 1. The first-order chi connectivity index (χ1) is 9.56. The highest BCUT2D eigenvalue weighted by Crippen LogP contribution is 2.20. The lowest BCUT2D eigenvalue weighted by molar-refractivity contribution is 0.181. The predicted molar refractivity (Wildman–Crippen MR) is 85.3 cm³/mol. The first-order valence-corrected chi connectivity index (χ1v) is 7.06. The molecule has 1 atom stereocenters. The van der Waals surface area contributed by atoms with Crippen LogP contribution in [0.1, 0.15) is 16.7 Å². The summed E-state index contributed by atoms with van der Waals surface area (Å²) in [5.74, 6) is 0. The normalized spacial score (nSPS) is 12.2. The number of aliphatic hydroxyl groups is 1. The average Bonchev–Trinajstić information content (AvgIpc) is 2.42. The Kier molecular flexibility index (Phi) is 4.80. The van der Waals surface area contributed by atoms with E-state index in [2.05, 4.69) is 49.1 Å². The molecule has 0 saturated heterocycles. The van der Waals surface area contributed by atoms with Crippen molar-refractivity contribution < 1.29 is 5.11 Å². The van der Waals surface area contributed by atoms with Gasteiger partial charge in [0, 0.05) is 25.7 Å². The van der Waals surface area contributed by atoms with Gasteiger partial charge in [0.15, 0.2) is 0 Å². The molecule has 0 saturated carbocycles. The van der Waals surface area contributed by atoms with Crippen LogP contribution in [0.25, 0.3) is 0 Å². The number of rotatable bonds is 5. The zero-order chi connectivity index (χ0) is 14.5. The highest BCUT2D eigenvalue weighted by atomic mass is 16.3. The average molecular weight is 269 g/mol. The Morgan fingerprint density at radius 3 is 2.45 bits per heavy atom. The zero-order valence-corrected chi connectivity index (χ0v) is 12.5. The topological polar surface area (TPSA) is 23.5 Å². The first-order valence-electron chi connectivity index (χ1n) is 7.06. The Bertz CT molecular complexity index is 551. The fourth-order valence-corrected chi connectivity index (χ4v) is 2.50. The van der Waals surface area contributed by atoms with Crippen LogP contribution in [-0.2, 0) is 6.42 Å². The summed E-state index contributed by atoms with van der Waals surface area (Å²) >= 11 is 0. The Labute approximate surface area is 121 Å². The SMILES string of the molecule is Cc1ccc(C)c(N(C)CC(O)Cc2ccccc2)c1. The van der Waals surface area contributed by atoms with E-state index in [4.69, 9.17) is 0 Å². The molecule has 0 aliphatic carbocycles. The summed E-state index contributed by atoms with van der Waals surface area (Å²) in [6.45, 7) is 4.84. The molecule has 0 radical (unpaired) electrons. The Balaban J connectivity index is 2.00. The van der Waals surface area contributed by atoms with Crippen LogP contribution in [0.2, 0.25) is 0 Å². The van der Waals surface area contributed by atoms with E-state index in [-0.39, 0.29) is 6.10 Å². The van der Waals surface area contributed by atoms with Gasteiger partial charge in [-0.3, -0.25) is 0 Å². The number of nitrogens with zero attached hydrogens (tertiary/aromatic N) is 1. The van der Waals surface area contributed by atoms with Crippen molar-refractivity contribution in [2.75, 3.05) is 18.5 Å². The second-order valence-electron chi connectivity index (χ2n) is 5.51. The third-order valence-corrected chi connectivity index (χ3v) is 3.57. The standard InChI is InChI=1S/C18H23NO/c1-14-9-10-15(2)18(11-14)19(3)13-17(20)12-16-7-5-4-6-8-16/h4-11,17,20H,12-13H2,1-3H3. The molecule has 2 heteroatoms. The number of aliphatic hydroxyl groups excluding tert-OH is 1. The second kappa shape index (κ2) is 6.58. The molecule has 0 aliphatic rings. The zero-order valence-electron chi connectivity index (χ0n) is 12.5. The summed E-state index contributed by atoms with van der Waals surface area (Å²) in [7, 11) is 2.04. The van der Waals surface area contributed by atoms with Gasteiger partial charge in [-0.05, 0) is 36.6 Å². The monoisotopic (exact) mass is 269 g/mol. The van der Waals surface area contributed by atoms with E-state index >= 15 is 0 Å². The van der Waals surface area contributed by atoms with E-state index in [1.54, 1.807) is 0 Å². The fraction of sp³-hybridized carbons (Fsp3) is 0.333. The van der Waals surface area contributed by atoms with Crippen molar-refractivity contribution in [2.45, 2.75) is 26.4 Å². The Hall–Kier alpha value is -1.80. The van der Waals surface area contributed by atoms with Crippen LogP contribution in [0.15, 0.2) is 48.5 Å². The third kappa shape index (κ3) is 3.84. The minimum Gasteiger partial charge on any atom is -0.391 e. The highest BCUT2D eigenvalue weighted by molar-refractivity contribution is 5.54. The molecule has 20 heavy (non-hydrogen) atoms. The van der Waals surface area contributed by atoms with E-state index < -0.39 is 0 Å². The van der Waals surface area contributed by atoms with E-state index in [0.29, 0.717) is 13.0 Å². The largest absolute Gasteiger partial charge is 0.391 e. The fourth-order valence-electron chi connectivity index (χ4n) is 2.50. The summed E-state index contributed by atoms with van der Waals surface area (Å²) in [6.07, 6.45) is 0.332. The Morgan fingerprint density at radius 2 is 1.75 bits per heavy atom. The van der Waals surface area contributed by atoms with Crippen LogP contribution in [0, 0.1) is 13.8 Å². The van der Waals surface area contributed by atoms with Gasteiger partial charge >= 0.3 is 0 Å². The lowest BCUT2D eigenvalue weighted by Gasteiger charge is -2.25.